The van der Waals surface area contributed by atoms with Gasteiger partial charge in [0.25, 0.3) is 5.89 Å². The summed E-state index contributed by atoms with van der Waals surface area (Å²) in [5.41, 5.74) is 10.5. The predicted octanol–water partition coefficient (Wildman–Crippen LogP) is 3.00. The second-order valence-corrected chi connectivity index (χ2v) is 4.67. The summed E-state index contributed by atoms with van der Waals surface area (Å²) in [6, 6.07) is 7.46. The second kappa shape index (κ2) is 4.77. The lowest BCUT2D eigenvalue weighted by atomic mass is 10.0. The molecule has 0 saturated carbocycles. The first-order valence-corrected chi connectivity index (χ1v) is 6.26. The van der Waals surface area contributed by atoms with Crippen LogP contribution in [0.1, 0.15) is 11.1 Å². The van der Waals surface area contributed by atoms with E-state index in [0.717, 1.165) is 22.3 Å². The summed E-state index contributed by atoms with van der Waals surface area (Å²) in [5.74, 6) is 1.02. The number of nitrogens with zero attached hydrogens (tertiary/aromatic N) is 3. The summed E-state index contributed by atoms with van der Waals surface area (Å²) in [6.45, 7) is 4.02. The van der Waals surface area contributed by atoms with Crippen LogP contribution in [0.2, 0.25) is 0 Å². The molecule has 0 radical (unpaired) electrons. The molecule has 0 aliphatic carbocycles. The smallest absolute Gasteiger partial charge is 0.258 e. The lowest BCUT2D eigenvalue weighted by Crippen LogP contribution is -1.93. The topological polar surface area (TPSA) is 77.8 Å². The molecule has 0 atom stereocenters. The van der Waals surface area contributed by atoms with E-state index in [4.69, 9.17) is 10.3 Å². The van der Waals surface area contributed by atoms with Crippen LogP contribution in [0.3, 0.4) is 0 Å². The van der Waals surface area contributed by atoms with Gasteiger partial charge in [-0.1, -0.05) is 5.16 Å². The fourth-order valence-corrected chi connectivity index (χ4v) is 2.06. The highest BCUT2D eigenvalue weighted by molar-refractivity contribution is 5.68. The molecule has 0 saturated heterocycles. The number of aromatic nitrogens is 3. The van der Waals surface area contributed by atoms with Crippen molar-refractivity contribution in [2.45, 2.75) is 13.8 Å². The molecule has 2 N–H and O–H groups in total. The molecule has 3 rings (SSSR count). The summed E-state index contributed by atoms with van der Waals surface area (Å²) in [7, 11) is 0. The van der Waals surface area contributed by atoms with Crippen molar-refractivity contribution in [1.29, 1.82) is 0 Å². The van der Waals surface area contributed by atoms with Crippen LogP contribution >= 0.6 is 0 Å². The maximum Gasteiger partial charge on any atom is 0.258 e. The molecule has 5 heteroatoms. The average Bonchev–Trinajstić information content (AvgIpc) is 2.93. The monoisotopic (exact) mass is 266 g/mol. The van der Waals surface area contributed by atoms with Crippen LogP contribution in [0.5, 0.6) is 0 Å². The van der Waals surface area contributed by atoms with E-state index in [2.05, 4.69) is 15.1 Å². The molecule has 0 unspecified atom stereocenters. The third-order valence-electron chi connectivity index (χ3n) is 3.28. The summed E-state index contributed by atoms with van der Waals surface area (Å²) in [5, 5.41) is 4.01. The van der Waals surface area contributed by atoms with E-state index in [1.54, 1.807) is 12.4 Å². The van der Waals surface area contributed by atoms with E-state index in [-0.39, 0.29) is 0 Å². The zero-order valence-corrected chi connectivity index (χ0v) is 11.3. The Labute approximate surface area is 116 Å². The van der Waals surface area contributed by atoms with Crippen molar-refractivity contribution in [3.8, 4) is 22.8 Å². The highest BCUT2D eigenvalue weighted by Gasteiger charge is 2.14. The van der Waals surface area contributed by atoms with E-state index in [1.807, 2.05) is 38.1 Å². The zero-order chi connectivity index (χ0) is 14.1. The van der Waals surface area contributed by atoms with Crippen molar-refractivity contribution in [1.82, 2.24) is 15.1 Å². The number of rotatable bonds is 2. The van der Waals surface area contributed by atoms with E-state index in [9.17, 15) is 0 Å². The molecule has 0 amide bonds. The van der Waals surface area contributed by atoms with Gasteiger partial charge in [0.2, 0.25) is 5.82 Å². The number of nitrogens with two attached hydrogens (primary N) is 1. The van der Waals surface area contributed by atoms with Crippen LogP contribution in [0.15, 0.2) is 41.2 Å². The van der Waals surface area contributed by atoms with Gasteiger partial charge in [0.1, 0.15) is 0 Å². The molecule has 100 valence electrons. The molecular weight excluding hydrogens is 252 g/mol. The SMILES string of the molecule is Cc1cc(N)cc(-c2nc(-c3ccncc3)no2)c1C. The Kier molecular flexibility index (Phi) is 2.95. The first-order chi connectivity index (χ1) is 9.65. The van der Waals surface area contributed by atoms with Gasteiger partial charge >= 0.3 is 0 Å². The van der Waals surface area contributed by atoms with Gasteiger partial charge in [-0.25, -0.2) is 0 Å². The largest absolute Gasteiger partial charge is 0.399 e. The fraction of sp³-hybridized carbons (Fsp3) is 0.133. The van der Waals surface area contributed by atoms with Gasteiger partial charge in [-0.05, 0) is 49.2 Å². The van der Waals surface area contributed by atoms with E-state index in [1.165, 1.54) is 0 Å². The van der Waals surface area contributed by atoms with Crippen LogP contribution in [-0.4, -0.2) is 15.1 Å². The summed E-state index contributed by atoms with van der Waals surface area (Å²) in [4.78, 5) is 8.40. The minimum atomic E-state index is 0.477. The quantitative estimate of drug-likeness (QED) is 0.721. The molecule has 0 bridgehead atoms. The lowest BCUT2D eigenvalue weighted by Gasteiger charge is -2.06. The van der Waals surface area contributed by atoms with Gasteiger partial charge in [0, 0.05) is 29.2 Å². The maximum absolute atomic E-state index is 5.89. The molecule has 0 aliphatic rings. The summed E-state index contributed by atoms with van der Waals surface area (Å²) < 4.78 is 5.36. The third-order valence-corrected chi connectivity index (χ3v) is 3.28. The standard InChI is InChI=1S/C15H14N4O/c1-9-7-12(16)8-13(10(9)2)15-18-14(19-20-15)11-3-5-17-6-4-11/h3-8H,16H2,1-2H3. The number of nitrogen functional groups attached to an aromatic ring is 1. The number of pyridine rings is 1. The first kappa shape index (κ1) is 12.3. The van der Waals surface area contributed by atoms with Gasteiger partial charge in [-0.15, -0.1) is 0 Å². The molecule has 20 heavy (non-hydrogen) atoms. The van der Waals surface area contributed by atoms with Crippen LogP contribution in [0.25, 0.3) is 22.8 Å². The molecule has 0 fully saturated rings. The number of hydrogen-bond acceptors (Lipinski definition) is 5. The Morgan fingerprint density at radius 1 is 1.10 bits per heavy atom. The zero-order valence-electron chi connectivity index (χ0n) is 11.3. The van der Waals surface area contributed by atoms with Crippen LogP contribution < -0.4 is 5.73 Å². The average molecular weight is 266 g/mol. The van der Waals surface area contributed by atoms with Crippen LogP contribution in [-0.2, 0) is 0 Å². The highest BCUT2D eigenvalue weighted by atomic mass is 16.5. The highest BCUT2D eigenvalue weighted by Crippen LogP contribution is 2.28. The summed E-state index contributed by atoms with van der Waals surface area (Å²) >= 11 is 0. The van der Waals surface area contributed by atoms with Crippen LogP contribution in [0, 0.1) is 13.8 Å². The second-order valence-electron chi connectivity index (χ2n) is 4.67. The maximum atomic E-state index is 5.89. The summed E-state index contributed by atoms with van der Waals surface area (Å²) in [6.07, 6.45) is 3.39. The van der Waals surface area contributed by atoms with E-state index in [0.29, 0.717) is 17.4 Å². The predicted molar refractivity (Wildman–Crippen MR) is 76.9 cm³/mol. The minimum Gasteiger partial charge on any atom is -0.399 e. The number of hydrogen-bond donors (Lipinski definition) is 1. The van der Waals surface area contributed by atoms with Crippen LogP contribution in [0.4, 0.5) is 5.69 Å². The molecule has 0 aliphatic heterocycles. The van der Waals surface area contributed by atoms with Gasteiger partial charge < -0.3 is 10.3 Å². The number of benzene rings is 1. The molecule has 3 aromatic rings. The Hall–Kier alpha value is -2.69. The van der Waals surface area contributed by atoms with Crippen molar-refractivity contribution in [2.24, 2.45) is 0 Å². The Morgan fingerprint density at radius 3 is 2.60 bits per heavy atom. The molecule has 5 nitrogen and oxygen atoms in total. The fourth-order valence-electron chi connectivity index (χ4n) is 2.06. The third kappa shape index (κ3) is 2.14. The Bertz CT molecular complexity index is 750. The van der Waals surface area contributed by atoms with Crippen molar-refractivity contribution in [2.75, 3.05) is 5.73 Å². The van der Waals surface area contributed by atoms with E-state index >= 15 is 0 Å². The molecule has 0 spiro atoms. The van der Waals surface area contributed by atoms with Crippen molar-refractivity contribution in [3.05, 3.63) is 47.8 Å². The van der Waals surface area contributed by atoms with Gasteiger partial charge in [-0.2, -0.15) is 4.98 Å². The number of anilines is 1. The normalized spacial score (nSPS) is 10.7. The van der Waals surface area contributed by atoms with Gasteiger partial charge in [-0.3, -0.25) is 4.98 Å². The van der Waals surface area contributed by atoms with Crippen molar-refractivity contribution in [3.63, 3.8) is 0 Å². The van der Waals surface area contributed by atoms with Crippen molar-refractivity contribution < 1.29 is 4.52 Å². The molecule has 2 aromatic heterocycles. The molecule has 1 aromatic carbocycles. The van der Waals surface area contributed by atoms with Crippen molar-refractivity contribution >= 4 is 5.69 Å². The molecular formula is C15H14N4O. The number of aryl methyl sites for hydroxylation is 1. The first-order valence-electron chi connectivity index (χ1n) is 6.26. The van der Waals surface area contributed by atoms with Gasteiger partial charge in [0.05, 0.1) is 0 Å². The Balaban J connectivity index is 2.07. The van der Waals surface area contributed by atoms with Gasteiger partial charge in [0.15, 0.2) is 0 Å². The lowest BCUT2D eigenvalue weighted by molar-refractivity contribution is 0.432. The Morgan fingerprint density at radius 2 is 1.85 bits per heavy atom. The molecule has 2 heterocycles. The van der Waals surface area contributed by atoms with E-state index < -0.39 is 0 Å². The minimum absolute atomic E-state index is 0.477.